The molecule has 0 fully saturated rings. The van der Waals surface area contributed by atoms with Crippen molar-refractivity contribution in [1.82, 2.24) is 0 Å². The Morgan fingerprint density at radius 3 is 2.47 bits per heavy atom. The lowest BCUT2D eigenvalue weighted by molar-refractivity contribution is 1.07. The zero-order valence-electron chi connectivity index (χ0n) is 9.70. The summed E-state index contributed by atoms with van der Waals surface area (Å²) in [5.41, 5.74) is 9.67. The molecule has 17 heavy (non-hydrogen) atoms. The van der Waals surface area contributed by atoms with Gasteiger partial charge in [-0.1, -0.05) is 35.9 Å². The van der Waals surface area contributed by atoms with E-state index in [2.05, 4.69) is 5.32 Å². The molecule has 88 valence electrons. The molecule has 3 N–H and O–H groups in total. The highest BCUT2D eigenvalue weighted by Gasteiger charge is 2.02. The summed E-state index contributed by atoms with van der Waals surface area (Å²) < 4.78 is 0. The molecule has 0 aliphatic carbocycles. The molecule has 0 aromatic heterocycles. The standard InChI is InChI=1S/C14H15ClN2/c1-10-3-2-4-13(14(10)15)17-12-7-5-11(9-16)6-8-12/h2-8,17H,9,16H2,1H3. The van der Waals surface area contributed by atoms with Crippen LogP contribution in [0.2, 0.25) is 5.02 Å². The van der Waals surface area contributed by atoms with Crippen LogP contribution in [0, 0.1) is 6.92 Å². The van der Waals surface area contributed by atoms with Gasteiger partial charge in [0.05, 0.1) is 10.7 Å². The lowest BCUT2D eigenvalue weighted by Crippen LogP contribution is -1.97. The third kappa shape index (κ3) is 2.78. The van der Waals surface area contributed by atoms with Crippen LogP contribution in [0.15, 0.2) is 42.5 Å². The number of rotatable bonds is 3. The van der Waals surface area contributed by atoms with Crippen LogP contribution < -0.4 is 11.1 Å². The summed E-state index contributed by atoms with van der Waals surface area (Å²) in [6.45, 7) is 2.55. The number of hydrogen-bond acceptors (Lipinski definition) is 2. The van der Waals surface area contributed by atoms with Gasteiger partial charge in [0.1, 0.15) is 0 Å². The fourth-order valence-corrected chi connectivity index (χ4v) is 1.80. The summed E-state index contributed by atoms with van der Waals surface area (Å²) in [6.07, 6.45) is 0. The number of nitrogens with two attached hydrogens (primary N) is 1. The molecule has 0 unspecified atom stereocenters. The molecule has 0 aliphatic heterocycles. The molecule has 0 amide bonds. The third-order valence-corrected chi connectivity index (χ3v) is 3.16. The van der Waals surface area contributed by atoms with Crippen LogP contribution in [-0.2, 0) is 6.54 Å². The maximum absolute atomic E-state index is 6.22. The van der Waals surface area contributed by atoms with E-state index in [9.17, 15) is 0 Å². The summed E-state index contributed by atoms with van der Waals surface area (Å²) in [4.78, 5) is 0. The Hall–Kier alpha value is -1.51. The Bertz CT molecular complexity index is 506. The topological polar surface area (TPSA) is 38.0 Å². The molecular weight excluding hydrogens is 232 g/mol. The van der Waals surface area contributed by atoms with Crippen molar-refractivity contribution >= 4 is 23.0 Å². The number of anilines is 2. The highest BCUT2D eigenvalue weighted by molar-refractivity contribution is 6.34. The lowest BCUT2D eigenvalue weighted by Gasteiger charge is -2.10. The molecule has 2 nitrogen and oxygen atoms in total. The van der Waals surface area contributed by atoms with Crippen LogP contribution in [0.1, 0.15) is 11.1 Å². The van der Waals surface area contributed by atoms with Crippen LogP contribution in [0.5, 0.6) is 0 Å². The number of halogens is 1. The lowest BCUT2D eigenvalue weighted by atomic mass is 10.2. The molecule has 0 bridgehead atoms. The van der Waals surface area contributed by atoms with E-state index in [1.54, 1.807) is 0 Å². The molecule has 0 spiro atoms. The number of aryl methyl sites for hydroxylation is 1. The summed E-state index contributed by atoms with van der Waals surface area (Å²) in [6, 6.07) is 14.0. The molecule has 0 saturated heterocycles. The smallest absolute Gasteiger partial charge is 0.0670 e. The second-order valence-electron chi connectivity index (χ2n) is 3.96. The quantitative estimate of drug-likeness (QED) is 0.863. The number of nitrogens with one attached hydrogen (secondary N) is 1. The summed E-state index contributed by atoms with van der Waals surface area (Å²) in [5.74, 6) is 0. The molecule has 0 radical (unpaired) electrons. The first kappa shape index (κ1) is 12.0. The number of benzene rings is 2. The predicted molar refractivity (Wildman–Crippen MR) is 73.8 cm³/mol. The SMILES string of the molecule is Cc1cccc(Nc2ccc(CN)cc2)c1Cl. The predicted octanol–water partition coefficient (Wildman–Crippen LogP) is 3.85. The first-order valence-corrected chi connectivity index (χ1v) is 5.89. The van der Waals surface area contributed by atoms with E-state index in [1.165, 1.54) is 0 Å². The van der Waals surface area contributed by atoms with Gasteiger partial charge < -0.3 is 11.1 Å². The van der Waals surface area contributed by atoms with Gasteiger partial charge in [-0.3, -0.25) is 0 Å². The minimum atomic E-state index is 0.561. The van der Waals surface area contributed by atoms with Gasteiger partial charge in [0.25, 0.3) is 0 Å². The van der Waals surface area contributed by atoms with Crippen LogP contribution >= 0.6 is 11.6 Å². The summed E-state index contributed by atoms with van der Waals surface area (Å²) >= 11 is 6.22. The van der Waals surface area contributed by atoms with Crippen molar-refractivity contribution in [3.63, 3.8) is 0 Å². The van der Waals surface area contributed by atoms with E-state index in [-0.39, 0.29) is 0 Å². The van der Waals surface area contributed by atoms with Gasteiger partial charge in [-0.2, -0.15) is 0 Å². The molecule has 0 aliphatic rings. The van der Waals surface area contributed by atoms with E-state index >= 15 is 0 Å². The van der Waals surface area contributed by atoms with Crippen molar-refractivity contribution in [1.29, 1.82) is 0 Å². The second-order valence-corrected chi connectivity index (χ2v) is 4.34. The van der Waals surface area contributed by atoms with Crippen molar-refractivity contribution in [3.8, 4) is 0 Å². The first-order chi connectivity index (χ1) is 8.20. The van der Waals surface area contributed by atoms with Crippen molar-refractivity contribution in [2.24, 2.45) is 5.73 Å². The molecule has 0 heterocycles. The second kappa shape index (κ2) is 5.21. The van der Waals surface area contributed by atoms with E-state index in [1.807, 2.05) is 49.4 Å². The minimum Gasteiger partial charge on any atom is -0.354 e. The fourth-order valence-electron chi connectivity index (χ4n) is 1.62. The number of hydrogen-bond donors (Lipinski definition) is 2. The Morgan fingerprint density at radius 2 is 1.82 bits per heavy atom. The summed E-state index contributed by atoms with van der Waals surface area (Å²) in [5, 5.41) is 4.05. The Labute approximate surface area is 106 Å². The largest absolute Gasteiger partial charge is 0.354 e. The Morgan fingerprint density at radius 1 is 1.12 bits per heavy atom. The van der Waals surface area contributed by atoms with E-state index in [4.69, 9.17) is 17.3 Å². The first-order valence-electron chi connectivity index (χ1n) is 5.52. The van der Waals surface area contributed by atoms with Crippen molar-refractivity contribution in [2.75, 3.05) is 5.32 Å². The monoisotopic (exact) mass is 246 g/mol. The molecule has 3 heteroatoms. The van der Waals surface area contributed by atoms with E-state index in [0.29, 0.717) is 6.54 Å². The summed E-state index contributed by atoms with van der Waals surface area (Å²) in [7, 11) is 0. The van der Waals surface area contributed by atoms with Crippen molar-refractivity contribution in [3.05, 3.63) is 58.6 Å². The van der Waals surface area contributed by atoms with Gasteiger partial charge in [0.2, 0.25) is 0 Å². The third-order valence-electron chi connectivity index (χ3n) is 2.66. The van der Waals surface area contributed by atoms with Gasteiger partial charge in [0.15, 0.2) is 0 Å². The average molecular weight is 247 g/mol. The maximum Gasteiger partial charge on any atom is 0.0670 e. The van der Waals surface area contributed by atoms with Gasteiger partial charge >= 0.3 is 0 Å². The molecule has 2 aromatic carbocycles. The van der Waals surface area contributed by atoms with Crippen molar-refractivity contribution in [2.45, 2.75) is 13.5 Å². The Balaban J connectivity index is 2.22. The van der Waals surface area contributed by atoms with Gasteiger partial charge in [-0.25, -0.2) is 0 Å². The molecule has 0 saturated carbocycles. The maximum atomic E-state index is 6.22. The van der Waals surface area contributed by atoms with Gasteiger partial charge in [-0.15, -0.1) is 0 Å². The molecule has 2 rings (SSSR count). The zero-order valence-corrected chi connectivity index (χ0v) is 10.5. The van der Waals surface area contributed by atoms with E-state index < -0.39 is 0 Å². The molecular formula is C14H15ClN2. The van der Waals surface area contributed by atoms with Crippen LogP contribution in [0.4, 0.5) is 11.4 Å². The van der Waals surface area contributed by atoms with Gasteiger partial charge in [0, 0.05) is 12.2 Å². The van der Waals surface area contributed by atoms with Crippen molar-refractivity contribution < 1.29 is 0 Å². The molecule has 0 atom stereocenters. The minimum absolute atomic E-state index is 0.561. The average Bonchev–Trinajstić information content (AvgIpc) is 2.36. The normalized spacial score (nSPS) is 10.3. The molecule has 2 aromatic rings. The highest BCUT2D eigenvalue weighted by atomic mass is 35.5. The highest BCUT2D eigenvalue weighted by Crippen LogP contribution is 2.28. The van der Waals surface area contributed by atoms with Crippen LogP contribution in [-0.4, -0.2) is 0 Å². The van der Waals surface area contributed by atoms with Gasteiger partial charge in [-0.05, 0) is 36.2 Å². The van der Waals surface area contributed by atoms with Crippen LogP contribution in [0.3, 0.4) is 0 Å². The zero-order chi connectivity index (χ0) is 12.3. The van der Waals surface area contributed by atoms with Crippen LogP contribution in [0.25, 0.3) is 0 Å². The Kier molecular flexibility index (Phi) is 3.67. The van der Waals surface area contributed by atoms with E-state index in [0.717, 1.165) is 27.5 Å². The fraction of sp³-hybridized carbons (Fsp3) is 0.143.